The van der Waals surface area contributed by atoms with Gasteiger partial charge in [-0.15, -0.1) is 0 Å². The van der Waals surface area contributed by atoms with Crippen molar-refractivity contribution in [3.8, 4) is 0 Å². The molecule has 110 valence electrons. The predicted molar refractivity (Wildman–Crippen MR) is 85.9 cm³/mol. The third-order valence-electron chi connectivity index (χ3n) is 4.26. The molecule has 2 unspecified atom stereocenters. The summed E-state index contributed by atoms with van der Waals surface area (Å²) in [5.41, 5.74) is 8.79. The summed E-state index contributed by atoms with van der Waals surface area (Å²) in [7, 11) is 0. The Bertz CT molecular complexity index is 568. The molecule has 0 saturated carbocycles. The monoisotopic (exact) mass is 282 g/mol. The molecule has 1 fully saturated rings. The van der Waals surface area contributed by atoms with Crippen molar-refractivity contribution < 1.29 is 5.11 Å². The van der Waals surface area contributed by atoms with Crippen molar-refractivity contribution >= 4 is 5.69 Å². The standard InChI is InChI=1S/C18H22N2O/c19-15-8-6-13(7-9-15)12-16-10-11-17(20-16)18(21)14-4-2-1-3-5-14/h1-9,16-18,20-21H,10-12,19H2/t16-,17?,18?/m0/s1. The van der Waals surface area contributed by atoms with E-state index >= 15 is 0 Å². The van der Waals surface area contributed by atoms with Gasteiger partial charge in [0, 0.05) is 17.8 Å². The van der Waals surface area contributed by atoms with Crippen LogP contribution in [0, 0.1) is 0 Å². The second-order valence-corrected chi connectivity index (χ2v) is 5.85. The van der Waals surface area contributed by atoms with E-state index in [0.29, 0.717) is 6.04 Å². The molecule has 4 N–H and O–H groups in total. The van der Waals surface area contributed by atoms with Gasteiger partial charge >= 0.3 is 0 Å². The zero-order chi connectivity index (χ0) is 14.7. The normalized spacial score (nSPS) is 23.1. The average Bonchev–Trinajstić information content (AvgIpc) is 2.98. The number of nitrogens with two attached hydrogens (primary N) is 1. The van der Waals surface area contributed by atoms with Crippen molar-refractivity contribution in [1.82, 2.24) is 5.32 Å². The van der Waals surface area contributed by atoms with Crippen molar-refractivity contribution in [2.45, 2.75) is 37.5 Å². The van der Waals surface area contributed by atoms with Crippen molar-refractivity contribution in [2.24, 2.45) is 0 Å². The first-order valence-corrected chi connectivity index (χ1v) is 7.56. The Kier molecular flexibility index (Phi) is 4.23. The summed E-state index contributed by atoms with van der Waals surface area (Å²) in [6.07, 6.45) is 2.66. The van der Waals surface area contributed by atoms with Gasteiger partial charge in [-0.1, -0.05) is 42.5 Å². The van der Waals surface area contributed by atoms with Gasteiger partial charge in [-0.3, -0.25) is 0 Å². The van der Waals surface area contributed by atoms with E-state index in [-0.39, 0.29) is 6.04 Å². The largest absolute Gasteiger partial charge is 0.399 e. The van der Waals surface area contributed by atoms with Gasteiger partial charge in [0.1, 0.15) is 0 Å². The van der Waals surface area contributed by atoms with E-state index in [4.69, 9.17) is 5.73 Å². The van der Waals surface area contributed by atoms with Crippen LogP contribution in [0.5, 0.6) is 0 Å². The van der Waals surface area contributed by atoms with E-state index in [1.165, 1.54) is 5.56 Å². The molecule has 1 saturated heterocycles. The molecule has 0 bridgehead atoms. The molecule has 0 spiro atoms. The minimum atomic E-state index is -0.428. The molecule has 2 aromatic carbocycles. The molecule has 0 aromatic heterocycles. The van der Waals surface area contributed by atoms with Gasteiger partial charge < -0.3 is 16.2 Å². The Morgan fingerprint density at radius 1 is 1.05 bits per heavy atom. The number of benzene rings is 2. The Hall–Kier alpha value is -1.84. The summed E-state index contributed by atoms with van der Waals surface area (Å²) in [4.78, 5) is 0. The van der Waals surface area contributed by atoms with E-state index in [2.05, 4.69) is 17.4 Å². The van der Waals surface area contributed by atoms with Crippen LogP contribution in [-0.4, -0.2) is 17.2 Å². The molecule has 2 aromatic rings. The summed E-state index contributed by atoms with van der Waals surface area (Å²) in [6, 6.07) is 18.5. The quantitative estimate of drug-likeness (QED) is 0.756. The van der Waals surface area contributed by atoms with Crippen LogP contribution in [0.15, 0.2) is 54.6 Å². The Morgan fingerprint density at radius 2 is 1.76 bits per heavy atom. The average molecular weight is 282 g/mol. The molecular weight excluding hydrogens is 260 g/mol. The maximum absolute atomic E-state index is 10.5. The van der Waals surface area contributed by atoms with Crippen molar-refractivity contribution in [3.63, 3.8) is 0 Å². The van der Waals surface area contributed by atoms with Gasteiger partial charge in [0.2, 0.25) is 0 Å². The number of aliphatic hydroxyl groups is 1. The summed E-state index contributed by atoms with van der Waals surface area (Å²) in [5, 5.41) is 14.0. The molecule has 21 heavy (non-hydrogen) atoms. The number of aliphatic hydroxyl groups excluding tert-OH is 1. The van der Waals surface area contributed by atoms with Gasteiger partial charge in [0.25, 0.3) is 0 Å². The minimum absolute atomic E-state index is 0.145. The predicted octanol–water partition coefficient (Wildman–Crippen LogP) is 2.67. The topological polar surface area (TPSA) is 58.3 Å². The lowest BCUT2D eigenvalue weighted by Gasteiger charge is -2.20. The van der Waals surface area contributed by atoms with Crippen molar-refractivity contribution in [1.29, 1.82) is 0 Å². The fraction of sp³-hybridized carbons (Fsp3) is 0.333. The molecule has 1 aliphatic rings. The first-order chi connectivity index (χ1) is 10.2. The van der Waals surface area contributed by atoms with Crippen LogP contribution in [0.3, 0.4) is 0 Å². The Morgan fingerprint density at radius 3 is 2.48 bits per heavy atom. The van der Waals surface area contributed by atoms with Gasteiger partial charge in [0.05, 0.1) is 6.10 Å². The van der Waals surface area contributed by atoms with Crippen molar-refractivity contribution in [2.75, 3.05) is 5.73 Å². The van der Waals surface area contributed by atoms with E-state index in [9.17, 15) is 5.11 Å². The molecule has 3 atom stereocenters. The third-order valence-corrected chi connectivity index (χ3v) is 4.26. The van der Waals surface area contributed by atoms with Crippen LogP contribution in [0.1, 0.15) is 30.1 Å². The molecule has 0 radical (unpaired) electrons. The van der Waals surface area contributed by atoms with Crippen LogP contribution < -0.4 is 11.1 Å². The fourth-order valence-corrected chi connectivity index (χ4v) is 3.08. The number of hydrogen-bond acceptors (Lipinski definition) is 3. The zero-order valence-corrected chi connectivity index (χ0v) is 12.1. The highest BCUT2D eigenvalue weighted by atomic mass is 16.3. The van der Waals surface area contributed by atoms with Gasteiger partial charge in [-0.25, -0.2) is 0 Å². The van der Waals surface area contributed by atoms with E-state index in [0.717, 1.165) is 30.5 Å². The van der Waals surface area contributed by atoms with E-state index in [1.54, 1.807) is 0 Å². The van der Waals surface area contributed by atoms with Crippen molar-refractivity contribution in [3.05, 3.63) is 65.7 Å². The fourth-order valence-electron chi connectivity index (χ4n) is 3.08. The summed E-state index contributed by atoms with van der Waals surface area (Å²) in [6.45, 7) is 0. The van der Waals surface area contributed by atoms with Gasteiger partial charge in [-0.05, 0) is 42.5 Å². The van der Waals surface area contributed by atoms with Gasteiger partial charge in [0.15, 0.2) is 0 Å². The zero-order valence-electron chi connectivity index (χ0n) is 12.1. The number of rotatable bonds is 4. The smallest absolute Gasteiger partial charge is 0.0943 e. The number of anilines is 1. The maximum Gasteiger partial charge on any atom is 0.0943 e. The van der Waals surface area contributed by atoms with Crippen LogP contribution in [0.2, 0.25) is 0 Å². The molecule has 0 amide bonds. The molecule has 3 rings (SSSR count). The molecule has 1 aliphatic heterocycles. The molecular formula is C18H22N2O. The lowest BCUT2D eigenvalue weighted by Crippen LogP contribution is -2.35. The number of nitrogens with one attached hydrogen (secondary N) is 1. The minimum Gasteiger partial charge on any atom is -0.399 e. The highest BCUT2D eigenvalue weighted by Gasteiger charge is 2.29. The van der Waals surface area contributed by atoms with Crippen LogP contribution >= 0.6 is 0 Å². The third kappa shape index (κ3) is 3.43. The summed E-state index contributed by atoms with van der Waals surface area (Å²) in [5.74, 6) is 0. The Labute approximate surface area is 125 Å². The molecule has 0 aliphatic carbocycles. The SMILES string of the molecule is Nc1ccc(C[C@@H]2CCC(C(O)c3ccccc3)N2)cc1. The maximum atomic E-state index is 10.5. The molecule has 3 nitrogen and oxygen atoms in total. The lowest BCUT2D eigenvalue weighted by molar-refractivity contribution is 0.135. The summed E-state index contributed by atoms with van der Waals surface area (Å²) >= 11 is 0. The summed E-state index contributed by atoms with van der Waals surface area (Å²) < 4.78 is 0. The first kappa shape index (κ1) is 14.1. The highest BCUT2D eigenvalue weighted by Crippen LogP contribution is 2.26. The first-order valence-electron chi connectivity index (χ1n) is 7.56. The van der Waals surface area contributed by atoms with Gasteiger partial charge in [-0.2, -0.15) is 0 Å². The lowest BCUT2D eigenvalue weighted by atomic mass is 10.0. The highest BCUT2D eigenvalue weighted by molar-refractivity contribution is 5.39. The second-order valence-electron chi connectivity index (χ2n) is 5.85. The van der Waals surface area contributed by atoms with Crippen LogP contribution in [0.4, 0.5) is 5.69 Å². The number of nitrogen functional groups attached to an aromatic ring is 1. The van der Waals surface area contributed by atoms with E-state index in [1.807, 2.05) is 42.5 Å². The Balaban J connectivity index is 1.59. The van der Waals surface area contributed by atoms with Crippen LogP contribution in [-0.2, 0) is 6.42 Å². The molecule has 1 heterocycles. The second kappa shape index (κ2) is 6.29. The molecule has 3 heteroatoms. The number of hydrogen-bond donors (Lipinski definition) is 3. The van der Waals surface area contributed by atoms with Crippen LogP contribution in [0.25, 0.3) is 0 Å². The van der Waals surface area contributed by atoms with E-state index < -0.39 is 6.10 Å².